The highest BCUT2D eigenvalue weighted by Crippen LogP contribution is 2.27. The van der Waals surface area contributed by atoms with Gasteiger partial charge in [-0.3, -0.25) is 4.79 Å². The molecule has 0 saturated carbocycles. The van der Waals surface area contributed by atoms with Crippen LogP contribution < -0.4 is 0 Å². The van der Waals surface area contributed by atoms with Gasteiger partial charge in [-0.05, 0) is 62.1 Å². The largest absolute Gasteiger partial charge is 0.466 e. The number of aliphatic hydroxyl groups is 1. The van der Waals surface area contributed by atoms with Crippen LogP contribution in [0.1, 0.15) is 80.1 Å². The zero-order valence-electron chi connectivity index (χ0n) is 20.2. The monoisotopic (exact) mass is 451 g/mol. The molecule has 33 heavy (non-hydrogen) atoms. The fraction of sp³-hybridized carbons (Fsp3) is 0.481. The molecule has 3 N–H and O–H groups in total. The first-order chi connectivity index (χ1) is 16.0. The number of carbonyl (C=O) groups excluding carboxylic acids is 1. The molecule has 0 fully saturated rings. The normalized spacial score (nSPS) is 14.6. The zero-order valence-corrected chi connectivity index (χ0v) is 20.2. The molecule has 6 nitrogen and oxygen atoms in total. The van der Waals surface area contributed by atoms with Crippen LogP contribution in [0.5, 0.6) is 0 Å². The van der Waals surface area contributed by atoms with Crippen molar-refractivity contribution >= 4 is 17.8 Å². The van der Waals surface area contributed by atoms with E-state index in [1.807, 2.05) is 37.4 Å². The average molecular weight is 452 g/mol. The second-order valence-corrected chi connectivity index (χ2v) is 8.69. The van der Waals surface area contributed by atoms with Gasteiger partial charge in [-0.1, -0.05) is 39.0 Å². The maximum atomic E-state index is 12.2. The minimum Gasteiger partial charge on any atom is -0.466 e. The molecule has 0 aliphatic carbocycles. The van der Waals surface area contributed by atoms with Crippen molar-refractivity contribution in [2.45, 2.75) is 72.1 Å². The van der Waals surface area contributed by atoms with Gasteiger partial charge in [0.1, 0.15) is 0 Å². The SMILES string of the molecule is CCCCCCCCOC(=O)CCc1c(C)[nH]c(/C=C2\N=C(c3ccc[nH]3)C=C2CO)c1C. The summed E-state index contributed by atoms with van der Waals surface area (Å²) >= 11 is 0. The summed E-state index contributed by atoms with van der Waals surface area (Å²) in [4.78, 5) is 23.5. The molecule has 0 saturated heterocycles. The Morgan fingerprint density at radius 3 is 2.70 bits per heavy atom. The number of carbonyl (C=O) groups is 1. The van der Waals surface area contributed by atoms with E-state index in [4.69, 9.17) is 9.73 Å². The van der Waals surface area contributed by atoms with Gasteiger partial charge in [0, 0.05) is 29.6 Å². The van der Waals surface area contributed by atoms with Crippen LogP contribution in [0.2, 0.25) is 0 Å². The number of hydrogen-bond acceptors (Lipinski definition) is 4. The summed E-state index contributed by atoms with van der Waals surface area (Å²) < 4.78 is 5.42. The predicted molar refractivity (Wildman–Crippen MR) is 133 cm³/mol. The molecule has 0 unspecified atom stereocenters. The van der Waals surface area contributed by atoms with Crippen LogP contribution in [0, 0.1) is 13.8 Å². The van der Waals surface area contributed by atoms with E-state index in [9.17, 15) is 9.90 Å². The van der Waals surface area contributed by atoms with Crippen molar-refractivity contribution in [1.82, 2.24) is 9.97 Å². The molecule has 3 heterocycles. The van der Waals surface area contributed by atoms with Gasteiger partial charge >= 0.3 is 5.97 Å². The van der Waals surface area contributed by atoms with E-state index in [1.165, 1.54) is 25.7 Å². The molecule has 2 aromatic heterocycles. The van der Waals surface area contributed by atoms with Crippen molar-refractivity contribution in [2.24, 2.45) is 4.99 Å². The van der Waals surface area contributed by atoms with Crippen LogP contribution in [0.25, 0.3) is 6.08 Å². The van der Waals surface area contributed by atoms with E-state index in [0.717, 1.165) is 58.0 Å². The van der Waals surface area contributed by atoms with Gasteiger partial charge in [-0.25, -0.2) is 4.99 Å². The van der Waals surface area contributed by atoms with Gasteiger partial charge in [0.15, 0.2) is 0 Å². The predicted octanol–water partition coefficient (Wildman–Crippen LogP) is 5.56. The molecular weight excluding hydrogens is 414 g/mol. The number of aliphatic hydroxyl groups excluding tert-OH is 1. The first-order valence-electron chi connectivity index (χ1n) is 12.1. The minimum absolute atomic E-state index is 0.0738. The number of aliphatic imine (C=N–C) groups is 1. The van der Waals surface area contributed by atoms with Crippen LogP contribution in [-0.2, 0) is 16.0 Å². The lowest BCUT2D eigenvalue weighted by Gasteiger charge is -2.06. The fourth-order valence-corrected chi connectivity index (χ4v) is 4.19. The summed E-state index contributed by atoms with van der Waals surface area (Å²) in [6.45, 7) is 6.74. The number of nitrogens with zero attached hydrogens (tertiary/aromatic N) is 1. The van der Waals surface area contributed by atoms with Gasteiger partial charge < -0.3 is 19.8 Å². The topological polar surface area (TPSA) is 90.5 Å². The Kier molecular flexibility index (Phi) is 9.31. The van der Waals surface area contributed by atoms with Crippen molar-refractivity contribution < 1.29 is 14.6 Å². The third-order valence-electron chi connectivity index (χ3n) is 6.18. The molecule has 1 aliphatic heterocycles. The maximum Gasteiger partial charge on any atom is 0.306 e. The minimum atomic E-state index is -0.134. The quantitative estimate of drug-likeness (QED) is 0.275. The molecule has 0 spiro atoms. The molecule has 0 aromatic carbocycles. The second kappa shape index (κ2) is 12.4. The van der Waals surface area contributed by atoms with E-state index in [2.05, 4.69) is 23.8 Å². The standard InChI is InChI=1S/C27H37N3O3/c1-4-5-6-7-8-9-15-33-27(32)13-12-22-19(2)24(29-20(22)3)17-25-21(18-31)16-26(30-25)23-11-10-14-28-23/h10-11,14,16-17,28-29,31H,4-9,12-13,15,18H2,1-3H3/b25-17-. The van der Waals surface area contributed by atoms with Crippen molar-refractivity contribution in [3.63, 3.8) is 0 Å². The number of H-pyrrole nitrogens is 2. The number of rotatable bonds is 13. The number of esters is 1. The van der Waals surface area contributed by atoms with Gasteiger partial charge in [-0.2, -0.15) is 0 Å². The van der Waals surface area contributed by atoms with Crippen LogP contribution in [-0.4, -0.2) is 40.0 Å². The number of unbranched alkanes of at least 4 members (excludes halogenated alkanes) is 5. The molecule has 6 heteroatoms. The van der Waals surface area contributed by atoms with E-state index < -0.39 is 0 Å². The van der Waals surface area contributed by atoms with E-state index in [0.29, 0.717) is 19.4 Å². The molecule has 178 valence electrons. The molecular formula is C27H37N3O3. The summed E-state index contributed by atoms with van der Waals surface area (Å²) in [5.74, 6) is -0.134. The number of nitrogens with one attached hydrogen (secondary N) is 2. The lowest BCUT2D eigenvalue weighted by molar-refractivity contribution is -0.143. The van der Waals surface area contributed by atoms with Gasteiger partial charge in [0.2, 0.25) is 0 Å². The Bertz CT molecular complexity index is 1010. The third-order valence-corrected chi connectivity index (χ3v) is 6.18. The Labute approximate surface area is 196 Å². The number of aryl methyl sites for hydroxylation is 1. The average Bonchev–Trinajstić information content (AvgIpc) is 3.52. The number of allylic oxidation sites excluding steroid dienone is 1. The summed E-state index contributed by atoms with van der Waals surface area (Å²) in [6.07, 6.45) is 13.8. The second-order valence-electron chi connectivity index (χ2n) is 8.69. The van der Waals surface area contributed by atoms with E-state index in [-0.39, 0.29) is 12.6 Å². The maximum absolute atomic E-state index is 12.2. The molecule has 2 aromatic rings. The molecule has 0 atom stereocenters. The Morgan fingerprint density at radius 2 is 1.97 bits per heavy atom. The fourth-order valence-electron chi connectivity index (χ4n) is 4.19. The van der Waals surface area contributed by atoms with Crippen molar-refractivity contribution in [3.8, 4) is 0 Å². The first-order valence-corrected chi connectivity index (χ1v) is 12.1. The van der Waals surface area contributed by atoms with Crippen LogP contribution in [0.15, 0.2) is 40.7 Å². The van der Waals surface area contributed by atoms with Crippen molar-refractivity contribution in [1.29, 1.82) is 0 Å². The Morgan fingerprint density at radius 1 is 1.18 bits per heavy atom. The smallest absolute Gasteiger partial charge is 0.306 e. The zero-order chi connectivity index (χ0) is 23.6. The van der Waals surface area contributed by atoms with Gasteiger partial charge in [0.05, 0.1) is 30.3 Å². The summed E-state index contributed by atoms with van der Waals surface area (Å²) in [5, 5.41) is 9.79. The lowest BCUT2D eigenvalue weighted by atomic mass is 10.0. The summed E-state index contributed by atoms with van der Waals surface area (Å²) in [7, 11) is 0. The first kappa shape index (κ1) is 24.8. The molecule has 0 bridgehead atoms. The summed E-state index contributed by atoms with van der Waals surface area (Å²) in [5.41, 5.74) is 7.50. The van der Waals surface area contributed by atoms with E-state index in [1.54, 1.807) is 0 Å². The molecule has 3 rings (SSSR count). The Balaban J connectivity index is 1.57. The van der Waals surface area contributed by atoms with Gasteiger partial charge in [0.25, 0.3) is 0 Å². The van der Waals surface area contributed by atoms with Crippen molar-refractivity contribution in [2.75, 3.05) is 13.2 Å². The van der Waals surface area contributed by atoms with Gasteiger partial charge in [-0.15, -0.1) is 0 Å². The lowest BCUT2D eigenvalue weighted by Crippen LogP contribution is -2.07. The highest BCUT2D eigenvalue weighted by Gasteiger charge is 2.18. The Hall–Kier alpha value is -2.86. The number of hydrogen-bond donors (Lipinski definition) is 3. The van der Waals surface area contributed by atoms with Crippen LogP contribution >= 0.6 is 0 Å². The summed E-state index contributed by atoms with van der Waals surface area (Å²) in [6, 6.07) is 3.89. The third kappa shape index (κ3) is 6.81. The highest BCUT2D eigenvalue weighted by molar-refractivity contribution is 6.11. The molecule has 0 amide bonds. The highest BCUT2D eigenvalue weighted by atomic mass is 16.5. The van der Waals surface area contributed by atoms with Crippen LogP contribution in [0.4, 0.5) is 0 Å². The molecule has 0 radical (unpaired) electrons. The molecule has 1 aliphatic rings. The number of aromatic amines is 2. The number of aromatic nitrogens is 2. The van der Waals surface area contributed by atoms with E-state index >= 15 is 0 Å². The van der Waals surface area contributed by atoms with Crippen LogP contribution in [0.3, 0.4) is 0 Å². The van der Waals surface area contributed by atoms with Crippen molar-refractivity contribution in [3.05, 3.63) is 63.9 Å². The number of ether oxygens (including phenoxy) is 1.